The highest BCUT2D eigenvalue weighted by Crippen LogP contribution is 2.20. The molecule has 26 heavy (non-hydrogen) atoms. The number of anilines is 1. The summed E-state index contributed by atoms with van der Waals surface area (Å²) >= 11 is 0. The number of sulfone groups is 1. The van der Waals surface area contributed by atoms with Crippen molar-refractivity contribution in [2.24, 2.45) is 0 Å². The summed E-state index contributed by atoms with van der Waals surface area (Å²) in [6.07, 6.45) is 2.35. The summed E-state index contributed by atoms with van der Waals surface area (Å²) in [6, 6.07) is 5.49. The van der Waals surface area contributed by atoms with Crippen LogP contribution in [-0.4, -0.2) is 85.4 Å². The van der Waals surface area contributed by atoms with E-state index in [1.165, 1.54) is 0 Å². The SMILES string of the molecule is CCN(C(=O)[C@H](C)N1CCN(c2ccccn2)CC1)[C@@H]1CCS(=O)(=O)C1. The largest absolute Gasteiger partial charge is 0.354 e. The predicted octanol–water partition coefficient (Wildman–Crippen LogP) is 0.628. The lowest BCUT2D eigenvalue weighted by Gasteiger charge is -2.40. The third-order valence-corrected chi connectivity index (χ3v) is 7.22. The molecule has 3 rings (SSSR count). The zero-order valence-corrected chi connectivity index (χ0v) is 16.4. The molecule has 0 spiro atoms. The highest BCUT2D eigenvalue weighted by Gasteiger charge is 2.37. The van der Waals surface area contributed by atoms with Crippen LogP contribution >= 0.6 is 0 Å². The summed E-state index contributed by atoms with van der Waals surface area (Å²) in [6.45, 7) is 7.67. The van der Waals surface area contributed by atoms with Gasteiger partial charge in [0, 0.05) is 45.0 Å². The molecule has 8 heteroatoms. The zero-order chi connectivity index (χ0) is 18.7. The highest BCUT2D eigenvalue weighted by atomic mass is 32.2. The standard InChI is InChI=1S/C18H28N4O3S/c1-3-22(16-7-13-26(24,25)14-16)18(23)15(2)20-9-11-21(12-10-20)17-6-4-5-8-19-17/h4-6,8,15-16H,3,7,9-14H2,1-2H3/t15-,16+/m0/s1. The van der Waals surface area contributed by atoms with Gasteiger partial charge in [0.05, 0.1) is 17.5 Å². The molecule has 2 atom stereocenters. The minimum atomic E-state index is -2.99. The van der Waals surface area contributed by atoms with Crippen molar-refractivity contribution in [1.29, 1.82) is 0 Å². The molecule has 2 fully saturated rings. The van der Waals surface area contributed by atoms with E-state index in [1.807, 2.05) is 32.0 Å². The molecule has 0 aliphatic carbocycles. The van der Waals surface area contributed by atoms with E-state index in [-0.39, 0.29) is 29.5 Å². The van der Waals surface area contributed by atoms with Crippen LogP contribution < -0.4 is 4.90 Å². The fourth-order valence-corrected chi connectivity index (χ4v) is 5.62. The quantitative estimate of drug-likeness (QED) is 0.746. The van der Waals surface area contributed by atoms with Crippen molar-refractivity contribution >= 4 is 21.6 Å². The summed E-state index contributed by atoms with van der Waals surface area (Å²) in [5.41, 5.74) is 0. The maximum Gasteiger partial charge on any atom is 0.239 e. The first-order chi connectivity index (χ1) is 12.4. The maximum atomic E-state index is 13.0. The molecule has 1 amide bonds. The minimum Gasteiger partial charge on any atom is -0.354 e. The average Bonchev–Trinajstić information content (AvgIpc) is 3.02. The molecule has 1 aromatic rings. The number of likely N-dealkylation sites (N-methyl/N-ethyl adjacent to an activating group) is 1. The molecule has 0 radical (unpaired) electrons. The van der Waals surface area contributed by atoms with Gasteiger partial charge in [0.1, 0.15) is 5.82 Å². The van der Waals surface area contributed by atoms with Gasteiger partial charge in [0.15, 0.2) is 9.84 Å². The number of hydrogen-bond donors (Lipinski definition) is 0. The van der Waals surface area contributed by atoms with Gasteiger partial charge in [-0.05, 0) is 32.4 Å². The smallest absolute Gasteiger partial charge is 0.239 e. The van der Waals surface area contributed by atoms with E-state index in [1.54, 1.807) is 11.1 Å². The summed E-state index contributed by atoms with van der Waals surface area (Å²) in [7, 11) is -2.99. The van der Waals surface area contributed by atoms with E-state index in [9.17, 15) is 13.2 Å². The molecule has 0 unspecified atom stereocenters. The summed E-state index contributed by atoms with van der Waals surface area (Å²) in [5, 5.41) is 0. The molecular weight excluding hydrogens is 352 g/mol. The molecule has 144 valence electrons. The number of aromatic nitrogens is 1. The number of nitrogens with zero attached hydrogens (tertiary/aromatic N) is 4. The molecule has 2 saturated heterocycles. The van der Waals surface area contributed by atoms with Gasteiger partial charge >= 0.3 is 0 Å². The van der Waals surface area contributed by atoms with Gasteiger partial charge in [-0.15, -0.1) is 0 Å². The predicted molar refractivity (Wildman–Crippen MR) is 102 cm³/mol. The number of carbonyl (C=O) groups excluding carboxylic acids is 1. The van der Waals surface area contributed by atoms with Crippen LogP contribution in [0.4, 0.5) is 5.82 Å². The third kappa shape index (κ3) is 4.17. The minimum absolute atomic E-state index is 0.0425. The fourth-order valence-electron chi connectivity index (χ4n) is 3.89. The van der Waals surface area contributed by atoms with Gasteiger partial charge in [-0.25, -0.2) is 13.4 Å². The number of rotatable bonds is 5. The van der Waals surface area contributed by atoms with Crippen LogP contribution in [0, 0.1) is 0 Å². The Bertz CT molecular complexity index is 717. The summed E-state index contributed by atoms with van der Waals surface area (Å²) < 4.78 is 23.5. The Labute approximate surface area is 155 Å². The van der Waals surface area contributed by atoms with Gasteiger partial charge in [0.2, 0.25) is 5.91 Å². The van der Waals surface area contributed by atoms with E-state index in [2.05, 4.69) is 14.8 Å². The Morgan fingerprint density at radius 2 is 2.04 bits per heavy atom. The van der Waals surface area contributed by atoms with E-state index < -0.39 is 9.84 Å². The first-order valence-corrected chi connectivity index (χ1v) is 11.1. The van der Waals surface area contributed by atoms with Crippen molar-refractivity contribution in [3.63, 3.8) is 0 Å². The van der Waals surface area contributed by atoms with E-state index in [0.717, 1.165) is 32.0 Å². The molecule has 0 bridgehead atoms. The first-order valence-electron chi connectivity index (χ1n) is 9.32. The fraction of sp³-hybridized carbons (Fsp3) is 0.667. The van der Waals surface area contributed by atoms with Crippen molar-refractivity contribution in [3.05, 3.63) is 24.4 Å². The Hall–Kier alpha value is -1.67. The van der Waals surface area contributed by atoms with E-state index in [4.69, 9.17) is 0 Å². The normalized spacial score (nSPS) is 24.4. The molecular formula is C18H28N4O3S. The third-order valence-electron chi connectivity index (χ3n) is 5.47. The second-order valence-corrected chi connectivity index (χ2v) is 9.30. The van der Waals surface area contributed by atoms with Crippen molar-refractivity contribution in [1.82, 2.24) is 14.8 Å². The van der Waals surface area contributed by atoms with Crippen LogP contribution in [0.2, 0.25) is 0 Å². The number of hydrogen-bond acceptors (Lipinski definition) is 6. The van der Waals surface area contributed by atoms with Crippen molar-refractivity contribution in [2.75, 3.05) is 49.1 Å². The van der Waals surface area contributed by atoms with Gasteiger partial charge in [-0.1, -0.05) is 6.07 Å². The van der Waals surface area contributed by atoms with Crippen LogP contribution in [0.25, 0.3) is 0 Å². The number of amides is 1. The molecule has 1 aromatic heterocycles. The van der Waals surface area contributed by atoms with Gasteiger partial charge in [-0.2, -0.15) is 0 Å². The second kappa shape index (κ2) is 7.92. The van der Waals surface area contributed by atoms with Crippen LogP contribution in [0.5, 0.6) is 0 Å². The van der Waals surface area contributed by atoms with E-state index in [0.29, 0.717) is 13.0 Å². The Balaban J connectivity index is 1.58. The lowest BCUT2D eigenvalue weighted by atomic mass is 10.1. The average molecular weight is 381 g/mol. The highest BCUT2D eigenvalue weighted by molar-refractivity contribution is 7.91. The molecule has 0 saturated carbocycles. The summed E-state index contributed by atoms with van der Waals surface area (Å²) in [4.78, 5) is 23.6. The summed E-state index contributed by atoms with van der Waals surface area (Å²) in [5.74, 6) is 1.31. The van der Waals surface area contributed by atoms with Crippen molar-refractivity contribution < 1.29 is 13.2 Å². The Morgan fingerprint density at radius 1 is 1.31 bits per heavy atom. The Morgan fingerprint density at radius 3 is 2.58 bits per heavy atom. The van der Waals surface area contributed by atoms with E-state index >= 15 is 0 Å². The second-order valence-electron chi connectivity index (χ2n) is 7.07. The van der Waals surface area contributed by atoms with Crippen molar-refractivity contribution in [3.8, 4) is 0 Å². The van der Waals surface area contributed by atoms with Gasteiger partial charge < -0.3 is 9.80 Å². The molecule has 7 nitrogen and oxygen atoms in total. The van der Waals surface area contributed by atoms with Gasteiger partial charge in [-0.3, -0.25) is 9.69 Å². The van der Waals surface area contributed by atoms with Crippen LogP contribution in [0.15, 0.2) is 24.4 Å². The topological polar surface area (TPSA) is 73.8 Å². The van der Waals surface area contributed by atoms with Crippen LogP contribution in [0.1, 0.15) is 20.3 Å². The van der Waals surface area contributed by atoms with Crippen LogP contribution in [-0.2, 0) is 14.6 Å². The lowest BCUT2D eigenvalue weighted by Crippen LogP contribution is -2.56. The first kappa shape index (κ1) is 19.1. The van der Waals surface area contributed by atoms with Crippen LogP contribution in [0.3, 0.4) is 0 Å². The lowest BCUT2D eigenvalue weighted by molar-refractivity contribution is -0.138. The molecule has 2 aliphatic heterocycles. The maximum absolute atomic E-state index is 13.0. The number of carbonyl (C=O) groups is 1. The zero-order valence-electron chi connectivity index (χ0n) is 15.5. The number of pyridine rings is 1. The monoisotopic (exact) mass is 380 g/mol. The molecule has 2 aliphatic rings. The van der Waals surface area contributed by atoms with Gasteiger partial charge in [0.25, 0.3) is 0 Å². The van der Waals surface area contributed by atoms with Crippen molar-refractivity contribution in [2.45, 2.75) is 32.4 Å². The molecule has 0 aromatic carbocycles. The molecule has 3 heterocycles. The molecule has 0 N–H and O–H groups in total. The number of piperazine rings is 1. The Kier molecular flexibility index (Phi) is 5.82.